The molecule has 2 N–H and O–H groups in total. The zero-order chi connectivity index (χ0) is 15.1. The molecule has 0 bridgehead atoms. The van der Waals surface area contributed by atoms with E-state index in [0.29, 0.717) is 6.54 Å². The van der Waals surface area contributed by atoms with Crippen molar-refractivity contribution >= 4 is 0 Å². The van der Waals surface area contributed by atoms with Crippen LogP contribution in [0.5, 0.6) is 5.75 Å². The standard InChI is InChI=1S/C18H22FNO/c1-2-10-21-18-8-6-14(7-9-18)11-16(13-20)15-4-3-5-17(19)12-15/h3-9,12,16H,2,10-11,13,20H2,1H3. The number of halogens is 1. The van der Waals surface area contributed by atoms with Crippen LogP contribution in [0.2, 0.25) is 0 Å². The lowest BCUT2D eigenvalue weighted by atomic mass is 9.92. The third kappa shape index (κ3) is 4.57. The molecule has 2 aromatic carbocycles. The SMILES string of the molecule is CCCOc1ccc(CC(CN)c2cccc(F)c2)cc1. The van der Waals surface area contributed by atoms with E-state index in [1.807, 2.05) is 30.3 Å². The van der Waals surface area contributed by atoms with Gasteiger partial charge in [0.2, 0.25) is 0 Å². The van der Waals surface area contributed by atoms with Gasteiger partial charge in [0.1, 0.15) is 11.6 Å². The molecule has 0 spiro atoms. The fourth-order valence-electron chi connectivity index (χ4n) is 2.32. The summed E-state index contributed by atoms with van der Waals surface area (Å²) in [5.74, 6) is 0.799. The molecule has 0 saturated heterocycles. The Labute approximate surface area is 125 Å². The molecular formula is C18H22FNO. The topological polar surface area (TPSA) is 35.2 Å². The molecule has 21 heavy (non-hydrogen) atoms. The van der Waals surface area contributed by atoms with Crippen LogP contribution in [0.15, 0.2) is 48.5 Å². The first-order valence-electron chi connectivity index (χ1n) is 7.40. The predicted octanol–water partition coefficient (Wildman–Crippen LogP) is 3.90. The second kappa shape index (κ2) is 7.79. The fourth-order valence-corrected chi connectivity index (χ4v) is 2.32. The van der Waals surface area contributed by atoms with Crippen LogP contribution in [0.1, 0.15) is 30.4 Å². The highest BCUT2D eigenvalue weighted by molar-refractivity contribution is 5.30. The van der Waals surface area contributed by atoms with Gasteiger partial charge in [-0.3, -0.25) is 0 Å². The Kier molecular flexibility index (Phi) is 5.76. The van der Waals surface area contributed by atoms with Gasteiger partial charge in [-0.1, -0.05) is 31.2 Å². The Morgan fingerprint density at radius 1 is 1.14 bits per heavy atom. The molecule has 0 amide bonds. The van der Waals surface area contributed by atoms with Crippen molar-refractivity contribution in [2.24, 2.45) is 5.73 Å². The highest BCUT2D eigenvalue weighted by Gasteiger charge is 2.11. The maximum Gasteiger partial charge on any atom is 0.123 e. The Morgan fingerprint density at radius 3 is 2.52 bits per heavy atom. The number of benzene rings is 2. The number of hydrogen-bond acceptors (Lipinski definition) is 2. The molecule has 1 unspecified atom stereocenters. The molecule has 0 radical (unpaired) electrons. The Morgan fingerprint density at radius 2 is 1.90 bits per heavy atom. The van der Waals surface area contributed by atoms with Gasteiger partial charge in [0, 0.05) is 5.92 Å². The Hall–Kier alpha value is -1.87. The van der Waals surface area contributed by atoms with Crippen molar-refractivity contribution in [3.8, 4) is 5.75 Å². The molecule has 2 rings (SSSR count). The minimum Gasteiger partial charge on any atom is -0.494 e. The quantitative estimate of drug-likeness (QED) is 0.838. The third-order valence-electron chi connectivity index (χ3n) is 3.48. The van der Waals surface area contributed by atoms with Gasteiger partial charge in [-0.25, -0.2) is 4.39 Å². The number of rotatable bonds is 7. The lowest BCUT2D eigenvalue weighted by Crippen LogP contribution is -2.15. The van der Waals surface area contributed by atoms with Crippen molar-refractivity contribution in [3.63, 3.8) is 0 Å². The summed E-state index contributed by atoms with van der Waals surface area (Å²) >= 11 is 0. The highest BCUT2D eigenvalue weighted by atomic mass is 19.1. The van der Waals surface area contributed by atoms with E-state index in [4.69, 9.17) is 10.5 Å². The highest BCUT2D eigenvalue weighted by Crippen LogP contribution is 2.22. The average Bonchev–Trinajstić information content (AvgIpc) is 2.51. The van der Waals surface area contributed by atoms with E-state index in [-0.39, 0.29) is 11.7 Å². The van der Waals surface area contributed by atoms with Gasteiger partial charge in [-0.2, -0.15) is 0 Å². The van der Waals surface area contributed by atoms with Gasteiger partial charge >= 0.3 is 0 Å². The van der Waals surface area contributed by atoms with Crippen molar-refractivity contribution in [1.29, 1.82) is 0 Å². The molecule has 112 valence electrons. The van der Waals surface area contributed by atoms with Gasteiger partial charge in [-0.15, -0.1) is 0 Å². The summed E-state index contributed by atoms with van der Waals surface area (Å²) in [7, 11) is 0. The second-order valence-corrected chi connectivity index (χ2v) is 5.18. The first kappa shape index (κ1) is 15.5. The minimum atomic E-state index is -0.214. The van der Waals surface area contributed by atoms with Crippen molar-refractivity contribution in [2.75, 3.05) is 13.2 Å². The summed E-state index contributed by atoms with van der Waals surface area (Å²) < 4.78 is 18.9. The lowest BCUT2D eigenvalue weighted by Gasteiger charge is -2.16. The molecule has 3 heteroatoms. The Balaban J connectivity index is 2.04. The largest absolute Gasteiger partial charge is 0.494 e. The average molecular weight is 287 g/mol. The van der Waals surface area contributed by atoms with Crippen LogP contribution in [-0.4, -0.2) is 13.2 Å². The van der Waals surface area contributed by atoms with Crippen LogP contribution >= 0.6 is 0 Å². The number of ether oxygens (including phenoxy) is 1. The molecular weight excluding hydrogens is 265 g/mol. The maximum absolute atomic E-state index is 13.3. The first-order chi connectivity index (χ1) is 10.2. The fraction of sp³-hybridized carbons (Fsp3) is 0.333. The van der Waals surface area contributed by atoms with E-state index in [1.54, 1.807) is 12.1 Å². The molecule has 0 aliphatic rings. The summed E-state index contributed by atoms with van der Waals surface area (Å²) in [6.07, 6.45) is 1.80. The van der Waals surface area contributed by atoms with Gasteiger partial charge < -0.3 is 10.5 Å². The maximum atomic E-state index is 13.3. The van der Waals surface area contributed by atoms with Crippen LogP contribution in [-0.2, 0) is 6.42 Å². The number of hydrogen-bond donors (Lipinski definition) is 1. The van der Waals surface area contributed by atoms with Crippen LogP contribution in [0.4, 0.5) is 4.39 Å². The van der Waals surface area contributed by atoms with Crippen LogP contribution in [0, 0.1) is 5.82 Å². The van der Waals surface area contributed by atoms with Crippen molar-refractivity contribution in [1.82, 2.24) is 0 Å². The first-order valence-corrected chi connectivity index (χ1v) is 7.40. The lowest BCUT2D eigenvalue weighted by molar-refractivity contribution is 0.317. The van der Waals surface area contributed by atoms with Crippen LogP contribution < -0.4 is 10.5 Å². The predicted molar refractivity (Wildman–Crippen MR) is 84.1 cm³/mol. The molecule has 2 aromatic rings. The molecule has 0 fully saturated rings. The monoisotopic (exact) mass is 287 g/mol. The van der Waals surface area contributed by atoms with E-state index in [0.717, 1.165) is 30.8 Å². The molecule has 2 nitrogen and oxygen atoms in total. The van der Waals surface area contributed by atoms with Crippen molar-refractivity contribution in [2.45, 2.75) is 25.7 Å². The summed E-state index contributed by atoms with van der Waals surface area (Å²) in [6, 6.07) is 14.7. The summed E-state index contributed by atoms with van der Waals surface area (Å²) in [4.78, 5) is 0. The smallest absolute Gasteiger partial charge is 0.123 e. The summed E-state index contributed by atoms with van der Waals surface area (Å²) in [5, 5.41) is 0. The van der Waals surface area contributed by atoms with E-state index >= 15 is 0 Å². The van der Waals surface area contributed by atoms with E-state index in [1.165, 1.54) is 11.6 Å². The summed E-state index contributed by atoms with van der Waals surface area (Å²) in [5.41, 5.74) is 7.98. The van der Waals surface area contributed by atoms with E-state index in [9.17, 15) is 4.39 Å². The normalized spacial score (nSPS) is 12.1. The third-order valence-corrected chi connectivity index (χ3v) is 3.48. The Bertz CT molecular complexity index is 553. The molecule has 0 aliphatic heterocycles. The van der Waals surface area contributed by atoms with Crippen LogP contribution in [0.3, 0.4) is 0 Å². The van der Waals surface area contributed by atoms with Gasteiger partial charge in [0.05, 0.1) is 6.61 Å². The van der Waals surface area contributed by atoms with Gasteiger partial charge in [-0.05, 0) is 54.8 Å². The van der Waals surface area contributed by atoms with Gasteiger partial charge in [0.25, 0.3) is 0 Å². The van der Waals surface area contributed by atoms with Crippen LogP contribution in [0.25, 0.3) is 0 Å². The summed E-state index contributed by atoms with van der Waals surface area (Å²) in [6.45, 7) is 3.31. The van der Waals surface area contributed by atoms with E-state index in [2.05, 4.69) is 6.92 Å². The van der Waals surface area contributed by atoms with Crippen molar-refractivity contribution in [3.05, 3.63) is 65.5 Å². The van der Waals surface area contributed by atoms with E-state index < -0.39 is 0 Å². The zero-order valence-electron chi connectivity index (χ0n) is 12.4. The molecule has 1 atom stereocenters. The minimum absolute atomic E-state index is 0.128. The second-order valence-electron chi connectivity index (χ2n) is 5.18. The molecule has 0 heterocycles. The molecule has 0 saturated carbocycles. The number of nitrogens with two attached hydrogens (primary N) is 1. The molecule has 0 aliphatic carbocycles. The van der Waals surface area contributed by atoms with Crippen molar-refractivity contribution < 1.29 is 9.13 Å². The zero-order valence-corrected chi connectivity index (χ0v) is 12.4. The molecule has 0 aromatic heterocycles. The van der Waals surface area contributed by atoms with Gasteiger partial charge in [0.15, 0.2) is 0 Å².